The number of nitrogens with two attached hydrogens (primary N) is 1. The van der Waals surface area contributed by atoms with Crippen molar-refractivity contribution in [3.8, 4) is 0 Å². The van der Waals surface area contributed by atoms with E-state index in [-0.39, 0.29) is 5.54 Å². The normalized spacial score (nSPS) is 28.7. The van der Waals surface area contributed by atoms with Crippen LogP contribution in [-0.2, 0) is 4.74 Å². The predicted molar refractivity (Wildman–Crippen MR) is 57.2 cm³/mol. The topological polar surface area (TPSA) is 38.5 Å². The molecule has 0 unspecified atom stereocenters. The van der Waals surface area contributed by atoms with E-state index in [0.29, 0.717) is 0 Å². The zero-order valence-electron chi connectivity index (χ0n) is 9.17. The van der Waals surface area contributed by atoms with Gasteiger partial charge in [0.2, 0.25) is 0 Å². The summed E-state index contributed by atoms with van der Waals surface area (Å²) in [7, 11) is 0. The van der Waals surface area contributed by atoms with Gasteiger partial charge in [-0.1, -0.05) is 6.92 Å². The molecule has 2 N–H and O–H groups in total. The fourth-order valence-electron chi connectivity index (χ4n) is 2.49. The number of nitrogens with zero attached hydrogens (tertiary/aromatic N) is 1. The Labute approximate surface area is 86.6 Å². The molecule has 0 radical (unpaired) electrons. The monoisotopic (exact) mass is 198 g/mol. The van der Waals surface area contributed by atoms with Crippen LogP contribution in [0.25, 0.3) is 0 Å². The third kappa shape index (κ3) is 2.27. The van der Waals surface area contributed by atoms with Crippen LogP contribution in [0.4, 0.5) is 0 Å². The number of hydrogen-bond donors (Lipinski definition) is 1. The van der Waals surface area contributed by atoms with Crippen LogP contribution in [0.15, 0.2) is 0 Å². The highest BCUT2D eigenvalue weighted by Crippen LogP contribution is 2.25. The molecule has 0 spiro atoms. The lowest BCUT2D eigenvalue weighted by Crippen LogP contribution is -2.67. The van der Waals surface area contributed by atoms with Crippen molar-refractivity contribution in [2.75, 3.05) is 32.8 Å². The second-order valence-corrected chi connectivity index (χ2v) is 4.94. The van der Waals surface area contributed by atoms with Gasteiger partial charge in [0.1, 0.15) is 0 Å². The van der Waals surface area contributed by atoms with Crippen molar-refractivity contribution in [3.63, 3.8) is 0 Å². The van der Waals surface area contributed by atoms with Crippen LogP contribution in [0.5, 0.6) is 0 Å². The van der Waals surface area contributed by atoms with Crippen molar-refractivity contribution in [2.45, 2.75) is 31.7 Å². The predicted octanol–water partition coefficient (Wildman–Crippen LogP) is 0.836. The molecule has 0 aromatic rings. The largest absolute Gasteiger partial charge is 0.381 e. The number of ether oxygens (including phenoxy) is 1. The van der Waals surface area contributed by atoms with Gasteiger partial charge in [-0.3, -0.25) is 4.90 Å². The van der Waals surface area contributed by atoms with Gasteiger partial charge in [-0.05, 0) is 25.2 Å². The Morgan fingerprint density at radius 2 is 2.00 bits per heavy atom. The molecule has 0 atom stereocenters. The molecule has 3 nitrogen and oxygen atoms in total. The van der Waals surface area contributed by atoms with Crippen molar-refractivity contribution in [1.29, 1.82) is 0 Å². The van der Waals surface area contributed by atoms with E-state index in [9.17, 15) is 0 Å². The van der Waals surface area contributed by atoms with Crippen molar-refractivity contribution in [3.05, 3.63) is 0 Å². The second-order valence-electron chi connectivity index (χ2n) is 4.94. The van der Waals surface area contributed by atoms with E-state index in [0.717, 1.165) is 38.6 Å². The van der Waals surface area contributed by atoms with E-state index >= 15 is 0 Å². The minimum atomic E-state index is 0.130. The van der Waals surface area contributed by atoms with Gasteiger partial charge in [0, 0.05) is 38.4 Å². The maximum atomic E-state index is 6.13. The van der Waals surface area contributed by atoms with Gasteiger partial charge >= 0.3 is 0 Å². The first kappa shape index (κ1) is 10.4. The zero-order chi connectivity index (χ0) is 10.0. The molecule has 2 heterocycles. The van der Waals surface area contributed by atoms with Gasteiger partial charge in [0.15, 0.2) is 0 Å². The SMILES string of the molecule is CCC1(N)CN(CC2CCOCC2)C1. The molecule has 14 heavy (non-hydrogen) atoms. The van der Waals surface area contributed by atoms with Gasteiger partial charge in [-0.15, -0.1) is 0 Å². The van der Waals surface area contributed by atoms with Crippen LogP contribution in [0.2, 0.25) is 0 Å². The van der Waals surface area contributed by atoms with Gasteiger partial charge in [0.05, 0.1) is 0 Å². The molecule has 2 aliphatic rings. The summed E-state index contributed by atoms with van der Waals surface area (Å²) in [5.41, 5.74) is 6.26. The summed E-state index contributed by atoms with van der Waals surface area (Å²) in [6.45, 7) is 7.54. The minimum Gasteiger partial charge on any atom is -0.381 e. The molecule has 0 aliphatic carbocycles. The first-order valence-electron chi connectivity index (χ1n) is 5.81. The van der Waals surface area contributed by atoms with E-state index in [1.165, 1.54) is 19.4 Å². The van der Waals surface area contributed by atoms with Gasteiger partial charge < -0.3 is 10.5 Å². The summed E-state index contributed by atoms with van der Waals surface area (Å²) in [6, 6.07) is 0. The molecule has 2 fully saturated rings. The fourth-order valence-corrected chi connectivity index (χ4v) is 2.49. The Kier molecular flexibility index (Phi) is 3.10. The van der Waals surface area contributed by atoms with Crippen molar-refractivity contribution >= 4 is 0 Å². The number of hydrogen-bond acceptors (Lipinski definition) is 3. The lowest BCUT2D eigenvalue weighted by atomic mass is 9.86. The first-order valence-corrected chi connectivity index (χ1v) is 5.81. The third-order valence-corrected chi connectivity index (χ3v) is 3.64. The Balaban J connectivity index is 1.68. The van der Waals surface area contributed by atoms with Crippen LogP contribution in [-0.4, -0.2) is 43.3 Å². The summed E-state index contributed by atoms with van der Waals surface area (Å²) in [6.07, 6.45) is 3.58. The fraction of sp³-hybridized carbons (Fsp3) is 1.00. The molecular weight excluding hydrogens is 176 g/mol. The Bertz CT molecular complexity index is 184. The summed E-state index contributed by atoms with van der Waals surface area (Å²) in [4.78, 5) is 2.50. The zero-order valence-corrected chi connectivity index (χ0v) is 9.17. The van der Waals surface area contributed by atoms with E-state index in [1.54, 1.807) is 0 Å². The maximum absolute atomic E-state index is 6.13. The highest BCUT2D eigenvalue weighted by Gasteiger charge is 2.38. The average Bonchev–Trinajstić information content (AvgIpc) is 2.17. The van der Waals surface area contributed by atoms with Crippen LogP contribution in [0.1, 0.15) is 26.2 Å². The van der Waals surface area contributed by atoms with E-state index in [4.69, 9.17) is 10.5 Å². The average molecular weight is 198 g/mol. The maximum Gasteiger partial charge on any atom is 0.0469 e. The molecule has 0 saturated carbocycles. The molecule has 2 aliphatic heterocycles. The summed E-state index contributed by atoms with van der Waals surface area (Å²) in [5.74, 6) is 0.852. The Morgan fingerprint density at radius 1 is 1.36 bits per heavy atom. The molecule has 0 aromatic carbocycles. The van der Waals surface area contributed by atoms with Crippen LogP contribution in [0, 0.1) is 5.92 Å². The highest BCUT2D eigenvalue weighted by molar-refractivity contribution is 4.99. The van der Waals surface area contributed by atoms with Gasteiger partial charge in [0.25, 0.3) is 0 Å². The molecule has 0 bridgehead atoms. The summed E-state index contributed by atoms with van der Waals surface area (Å²) >= 11 is 0. The summed E-state index contributed by atoms with van der Waals surface area (Å²) in [5, 5.41) is 0. The molecule has 2 rings (SSSR count). The molecule has 0 amide bonds. The molecule has 2 saturated heterocycles. The number of likely N-dealkylation sites (tertiary alicyclic amines) is 1. The van der Waals surface area contributed by atoms with Gasteiger partial charge in [-0.25, -0.2) is 0 Å². The van der Waals surface area contributed by atoms with E-state index in [1.807, 2.05) is 0 Å². The molecule has 82 valence electrons. The van der Waals surface area contributed by atoms with E-state index < -0.39 is 0 Å². The quantitative estimate of drug-likeness (QED) is 0.730. The first-order chi connectivity index (χ1) is 6.72. The minimum absolute atomic E-state index is 0.130. The van der Waals surface area contributed by atoms with E-state index in [2.05, 4.69) is 11.8 Å². The molecule has 3 heteroatoms. The van der Waals surface area contributed by atoms with Crippen LogP contribution in [0.3, 0.4) is 0 Å². The Morgan fingerprint density at radius 3 is 2.57 bits per heavy atom. The van der Waals surface area contributed by atoms with Crippen molar-refractivity contribution in [2.24, 2.45) is 11.7 Å². The smallest absolute Gasteiger partial charge is 0.0469 e. The van der Waals surface area contributed by atoms with Gasteiger partial charge in [-0.2, -0.15) is 0 Å². The Hall–Kier alpha value is -0.120. The molecular formula is C11H22N2O. The molecule has 0 aromatic heterocycles. The summed E-state index contributed by atoms with van der Waals surface area (Å²) < 4.78 is 5.35. The lowest BCUT2D eigenvalue weighted by Gasteiger charge is -2.49. The number of rotatable bonds is 3. The third-order valence-electron chi connectivity index (χ3n) is 3.64. The van der Waals surface area contributed by atoms with Crippen LogP contribution >= 0.6 is 0 Å². The van der Waals surface area contributed by atoms with Crippen molar-refractivity contribution < 1.29 is 4.74 Å². The second kappa shape index (κ2) is 4.17. The standard InChI is InChI=1S/C11H22N2O/c1-2-11(12)8-13(9-11)7-10-3-5-14-6-4-10/h10H,2-9,12H2,1H3. The van der Waals surface area contributed by atoms with Crippen LogP contribution < -0.4 is 5.73 Å². The highest BCUT2D eigenvalue weighted by atomic mass is 16.5. The lowest BCUT2D eigenvalue weighted by molar-refractivity contribution is 0.0137. The van der Waals surface area contributed by atoms with Crippen molar-refractivity contribution in [1.82, 2.24) is 4.90 Å².